The third kappa shape index (κ3) is 5.75. The summed E-state index contributed by atoms with van der Waals surface area (Å²) >= 11 is 0. The number of amides is 1. The van der Waals surface area contributed by atoms with Crippen LogP contribution in [0, 0.1) is 18.3 Å². The van der Waals surface area contributed by atoms with Crippen LogP contribution in [0.1, 0.15) is 40.8 Å². The number of hydrogen-bond acceptors (Lipinski definition) is 7. The van der Waals surface area contributed by atoms with Crippen LogP contribution >= 0.6 is 0 Å². The van der Waals surface area contributed by atoms with Crippen LogP contribution in [0.3, 0.4) is 0 Å². The Bertz CT molecular complexity index is 1410. The molecule has 4 heterocycles. The Balaban J connectivity index is 1.52. The first-order valence-electron chi connectivity index (χ1n) is 14.1. The number of carbonyl (C=O) groups excluding carboxylic acids is 1. The van der Waals surface area contributed by atoms with Crippen LogP contribution in [0.5, 0.6) is 5.88 Å². The molecule has 1 aromatic heterocycles. The summed E-state index contributed by atoms with van der Waals surface area (Å²) < 4.78 is 61.9. The molecule has 0 unspecified atom stereocenters. The highest BCUT2D eigenvalue weighted by Gasteiger charge is 2.38. The molecule has 1 atom stereocenters. The number of anilines is 2. The van der Waals surface area contributed by atoms with Crippen LogP contribution in [0.4, 0.5) is 28.9 Å². The molecule has 3 aliphatic rings. The molecule has 2 aromatic rings. The summed E-state index contributed by atoms with van der Waals surface area (Å²) in [6, 6.07) is 6.99. The van der Waals surface area contributed by atoms with Crippen molar-refractivity contribution in [1.29, 1.82) is 5.26 Å². The minimum absolute atomic E-state index is 0.0921. The molecule has 5 rings (SSSR count). The third-order valence-electron chi connectivity index (χ3n) is 8.48. The third-order valence-corrected chi connectivity index (χ3v) is 8.48. The maximum absolute atomic E-state index is 14.1. The van der Waals surface area contributed by atoms with E-state index in [0.29, 0.717) is 44.0 Å². The molecule has 42 heavy (non-hydrogen) atoms. The smallest absolute Gasteiger partial charge is 0.418 e. The van der Waals surface area contributed by atoms with Crippen molar-refractivity contribution in [2.75, 3.05) is 62.7 Å². The molecule has 1 aromatic carbocycles. The molecule has 3 aliphatic heterocycles. The fourth-order valence-corrected chi connectivity index (χ4v) is 6.25. The topological polar surface area (TPSA) is 75.9 Å². The predicted octanol–water partition coefficient (Wildman–Crippen LogP) is 4.45. The Morgan fingerprint density at radius 2 is 1.90 bits per heavy atom. The average molecular weight is 587 g/mol. The molecule has 2 saturated heterocycles. The van der Waals surface area contributed by atoms with Crippen LogP contribution < -0.4 is 14.5 Å². The van der Waals surface area contributed by atoms with Crippen molar-refractivity contribution in [2.24, 2.45) is 0 Å². The van der Waals surface area contributed by atoms with Gasteiger partial charge in [0, 0.05) is 50.0 Å². The van der Waals surface area contributed by atoms with Gasteiger partial charge in [0.15, 0.2) is 5.83 Å². The second kappa shape index (κ2) is 11.8. The second-order valence-electron chi connectivity index (χ2n) is 11.1. The zero-order valence-corrected chi connectivity index (χ0v) is 23.8. The number of fused-ring (bicyclic) bond motifs is 1. The number of rotatable bonds is 6. The summed E-state index contributed by atoms with van der Waals surface area (Å²) in [5.41, 5.74) is 1.80. The Morgan fingerprint density at radius 3 is 2.52 bits per heavy atom. The maximum Gasteiger partial charge on any atom is 0.418 e. The van der Waals surface area contributed by atoms with Gasteiger partial charge in [0.05, 0.1) is 23.5 Å². The summed E-state index contributed by atoms with van der Waals surface area (Å²) in [4.78, 5) is 24.1. The van der Waals surface area contributed by atoms with E-state index in [1.165, 1.54) is 24.0 Å². The number of nitriles is 1. The number of aryl methyl sites for hydroxylation is 1. The van der Waals surface area contributed by atoms with Crippen molar-refractivity contribution in [2.45, 2.75) is 44.9 Å². The number of piperazine rings is 1. The molecule has 0 spiro atoms. The van der Waals surface area contributed by atoms with Crippen molar-refractivity contribution < 1.29 is 27.1 Å². The number of alkyl halides is 3. The summed E-state index contributed by atoms with van der Waals surface area (Å²) in [7, 11) is 2.02. The summed E-state index contributed by atoms with van der Waals surface area (Å²) in [6.45, 7) is 7.39. The van der Waals surface area contributed by atoms with Gasteiger partial charge >= 0.3 is 6.18 Å². The number of ether oxygens (including phenoxy) is 1. The largest absolute Gasteiger partial charge is 0.475 e. The van der Waals surface area contributed by atoms with Gasteiger partial charge in [-0.2, -0.15) is 18.4 Å². The first kappa shape index (κ1) is 29.6. The standard InChI is InChI=1S/C30H34F4N6O2/c1-19-6-4-8-25(26(19)30(32,33)34)40-11-9-22-24(17-40)36-28(42-18-21-7-5-10-37(21)3)23(16-35)27(22)38-12-14-39(15-13-38)29(41)20(2)31/h4,6,8,21H,2,5,7,9-15,17-18H2,1,3H3/t21-/m0/s1. The SMILES string of the molecule is C=C(F)C(=O)N1CCN(c2c(C#N)c(OC[C@@H]3CCCN3C)nc3c2CCN(c2cccc(C)c2C(F)(F)F)C3)CC1. The van der Waals surface area contributed by atoms with Crippen LogP contribution in [0.15, 0.2) is 30.6 Å². The van der Waals surface area contributed by atoms with E-state index >= 15 is 0 Å². The van der Waals surface area contributed by atoms with E-state index in [9.17, 15) is 27.6 Å². The average Bonchev–Trinajstić information content (AvgIpc) is 3.38. The van der Waals surface area contributed by atoms with E-state index in [1.807, 2.05) is 11.9 Å². The molecular weight excluding hydrogens is 552 g/mol. The molecule has 0 radical (unpaired) electrons. The number of likely N-dealkylation sites (N-methyl/N-ethyl adjacent to an activating group) is 1. The lowest BCUT2D eigenvalue weighted by molar-refractivity contribution is -0.137. The molecule has 0 N–H and O–H groups in total. The van der Waals surface area contributed by atoms with Crippen LogP contribution in [0.2, 0.25) is 0 Å². The van der Waals surface area contributed by atoms with Crippen LogP contribution in [-0.2, 0) is 23.9 Å². The quantitative estimate of drug-likeness (QED) is 0.366. The monoisotopic (exact) mass is 586 g/mol. The van der Waals surface area contributed by atoms with Crippen LogP contribution in [-0.4, -0.2) is 79.7 Å². The predicted molar refractivity (Wildman–Crippen MR) is 150 cm³/mol. The number of hydrogen-bond donors (Lipinski definition) is 0. The second-order valence-corrected chi connectivity index (χ2v) is 11.1. The molecule has 8 nitrogen and oxygen atoms in total. The Hall–Kier alpha value is -3.85. The van der Waals surface area contributed by atoms with Crippen molar-refractivity contribution in [3.63, 3.8) is 0 Å². The van der Waals surface area contributed by atoms with Gasteiger partial charge < -0.3 is 24.3 Å². The maximum atomic E-state index is 14.1. The van der Waals surface area contributed by atoms with Crippen molar-refractivity contribution in [3.8, 4) is 11.9 Å². The lowest BCUT2D eigenvalue weighted by atomic mass is 9.96. The highest BCUT2D eigenvalue weighted by Crippen LogP contribution is 2.42. The molecule has 0 saturated carbocycles. The summed E-state index contributed by atoms with van der Waals surface area (Å²) in [6.07, 6.45) is -2.16. The van der Waals surface area contributed by atoms with Gasteiger partial charge in [-0.15, -0.1) is 0 Å². The Kier molecular flexibility index (Phi) is 8.32. The van der Waals surface area contributed by atoms with E-state index in [-0.39, 0.29) is 48.4 Å². The van der Waals surface area contributed by atoms with Gasteiger partial charge in [0.1, 0.15) is 18.2 Å². The normalized spacial score (nSPS) is 19.5. The molecule has 0 aliphatic carbocycles. The van der Waals surface area contributed by atoms with Crippen LogP contribution in [0.25, 0.3) is 0 Å². The fraction of sp³-hybridized carbons (Fsp3) is 0.500. The first-order chi connectivity index (χ1) is 20.0. The number of pyridine rings is 1. The van der Waals surface area contributed by atoms with E-state index < -0.39 is 23.5 Å². The van der Waals surface area contributed by atoms with Gasteiger partial charge in [0.2, 0.25) is 5.88 Å². The minimum Gasteiger partial charge on any atom is -0.475 e. The summed E-state index contributed by atoms with van der Waals surface area (Å²) in [5.74, 6) is -1.63. The molecular formula is C30H34F4N6O2. The number of aromatic nitrogens is 1. The zero-order valence-electron chi connectivity index (χ0n) is 23.8. The van der Waals surface area contributed by atoms with Gasteiger partial charge in [-0.25, -0.2) is 9.37 Å². The lowest BCUT2D eigenvalue weighted by Gasteiger charge is -2.39. The van der Waals surface area contributed by atoms with E-state index in [2.05, 4.69) is 17.5 Å². The zero-order chi connectivity index (χ0) is 30.2. The number of benzene rings is 1. The molecule has 1 amide bonds. The van der Waals surface area contributed by atoms with Gasteiger partial charge in [0.25, 0.3) is 5.91 Å². The number of carbonyl (C=O) groups is 1. The van der Waals surface area contributed by atoms with E-state index in [4.69, 9.17) is 9.72 Å². The van der Waals surface area contributed by atoms with E-state index in [0.717, 1.165) is 24.9 Å². The fourth-order valence-electron chi connectivity index (χ4n) is 6.25. The number of nitrogens with zero attached hydrogens (tertiary/aromatic N) is 6. The van der Waals surface area contributed by atoms with Gasteiger partial charge in [-0.3, -0.25) is 4.79 Å². The summed E-state index contributed by atoms with van der Waals surface area (Å²) in [5, 5.41) is 10.3. The highest BCUT2D eigenvalue weighted by molar-refractivity contribution is 5.90. The number of halogens is 4. The molecule has 0 bridgehead atoms. The lowest BCUT2D eigenvalue weighted by Crippen LogP contribution is -2.49. The van der Waals surface area contributed by atoms with Gasteiger partial charge in [-0.1, -0.05) is 18.7 Å². The molecule has 12 heteroatoms. The molecule has 224 valence electrons. The highest BCUT2D eigenvalue weighted by atomic mass is 19.4. The minimum atomic E-state index is -4.52. The van der Waals surface area contributed by atoms with Gasteiger partial charge in [-0.05, 0) is 51.4 Å². The van der Waals surface area contributed by atoms with Crippen molar-refractivity contribution in [3.05, 3.63) is 58.6 Å². The Morgan fingerprint density at radius 1 is 1.17 bits per heavy atom. The van der Waals surface area contributed by atoms with Crippen molar-refractivity contribution >= 4 is 17.3 Å². The Labute approximate surface area is 242 Å². The first-order valence-corrected chi connectivity index (χ1v) is 14.1. The van der Waals surface area contributed by atoms with Crippen molar-refractivity contribution in [1.82, 2.24) is 14.8 Å². The van der Waals surface area contributed by atoms with E-state index in [1.54, 1.807) is 11.0 Å². The number of likely N-dealkylation sites (tertiary alicyclic amines) is 1. The molecule has 2 fully saturated rings.